The molecule has 4 aliphatic rings. The van der Waals surface area contributed by atoms with E-state index in [0.29, 0.717) is 24.1 Å². The van der Waals surface area contributed by atoms with Gasteiger partial charge in [0.2, 0.25) is 5.91 Å². The summed E-state index contributed by atoms with van der Waals surface area (Å²) in [6.45, 7) is 3.19. The van der Waals surface area contributed by atoms with E-state index in [1.54, 1.807) is 6.07 Å². The number of benzene rings is 1. The lowest BCUT2D eigenvalue weighted by Crippen LogP contribution is -2.44. The lowest BCUT2D eigenvalue weighted by Gasteiger charge is -2.31. The van der Waals surface area contributed by atoms with Gasteiger partial charge in [0.1, 0.15) is 0 Å². The Morgan fingerprint density at radius 1 is 1.39 bits per heavy atom. The van der Waals surface area contributed by atoms with Crippen LogP contribution in [0.15, 0.2) is 18.2 Å². The van der Waals surface area contributed by atoms with Gasteiger partial charge in [0, 0.05) is 49.5 Å². The third kappa shape index (κ3) is 2.92. The van der Waals surface area contributed by atoms with Crippen LogP contribution in [0.25, 0.3) is 0 Å². The molecule has 1 aliphatic carbocycles. The first kappa shape index (κ1) is 18.4. The summed E-state index contributed by atoms with van der Waals surface area (Å²) in [6.07, 6.45) is 5.69. The van der Waals surface area contributed by atoms with E-state index in [-0.39, 0.29) is 29.3 Å². The van der Waals surface area contributed by atoms with Crippen LogP contribution in [0.3, 0.4) is 0 Å². The molecule has 3 saturated heterocycles. The van der Waals surface area contributed by atoms with Gasteiger partial charge in [-0.25, -0.2) is 4.39 Å². The van der Waals surface area contributed by atoms with Crippen LogP contribution in [0.1, 0.15) is 37.7 Å². The van der Waals surface area contributed by atoms with Crippen LogP contribution >= 0.6 is 0 Å². The van der Waals surface area contributed by atoms with Crippen LogP contribution in [-0.2, 0) is 16.1 Å². The largest absolute Gasteiger partial charge is 0.493 e. The summed E-state index contributed by atoms with van der Waals surface area (Å²) in [7, 11) is 1.52. The summed E-state index contributed by atoms with van der Waals surface area (Å²) < 4.78 is 25.8. The fourth-order valence-electron chi connectivity index (χ4n) is 5.86. The van der Waals surface area contributed by atoms with E-state index in [9.17, 15) is 9.18 Å². The molecule has 1 aromatic carbocycles. The number of nitrogens with one attached hydrogen (secondary N) is 1. The van der Waals surface area contributed by atoms with Crippen molar-refractivity contribution in [2.24, 2.45) is 17.8 Å². The molecule has 3 heterocycles. The number of ether oxygens (including phenoxy) is 2. The fraction of sp³-hybridized carbons (Fsp3) is 0.682. The number of nitrogens with zero attached hydrogens (tertiary/aromatic N) is 1. The van der Waals surface area contributed by atoms with Crippen molar-refractivity contribution in [1.82, 2.24) is 10.2 Å². The van der Waals surface area contributed by atoms with Crippen molar-refractivity contribution < 1.29 is 18.7 Å². The molecule has 5 nitrogen and oxygen atoms in total. The van der Waals surface area contributed by atoms with Crippen molar-refractivity contribution >= 4 is 5.91 Å². The molecular weight excluding hydrogens is 359 g/mol. The van der Waals surface area contributed by atoms with Gasteiger partial charge < -0.3 is 14.8 Å². The summed E-state index contributed by atoms with van der Waals surface area (Å²) >= 11 is 0. The van der Waals surface area contributed by atoms with Crippen LogP contribution in [-0.4, -0.2) is 49.3 Å². The average molecular weight is 388 g/mol. The van der Waals surface area contributed by atoms with Gasteiger partial charge in [0.25, 0.3) is 0 Å². The zero-order valence-corrected chi connectivity index (χ0v) is 16.5. The monoisotopic (exact) mass is 388 g/mol. The minimum Gasteiger partial charge on any atom is -0.493 e. The first-order valence-corrected chi connectivity index (χ1v) is 10.6. The van der Waals surface area contributed by atoms with Gasteiger partial charge >= 0.3 is 0 Å². The Morgan fingerprint density at radius 2 is 2.25 bits per heavy atom. The number of carbonyl (C=O) groups excluding carboxylic acids is 1. The Balaban J connectivity index is 1.26. The molecule has 3 aliphatic heterocycles. The third-order valence-electron chi connectivity index (χ3n) is 7.49. The van der Waals surface area contributed by atoms with Crippen LogP contribution in [0, 0.1) is 23.6 Å². The van der Waals surface area contributed by atoms with Crippen LogP contribution in [0.5, 0.6) is 5.75 Å². The first-order chi connectivity index (χ1) is 13.6. The molecule has 0 aromatic heterocycles. The van der Waals surface area contributed by atoms with Gasteiger partial charge in [0.15, 0.2) is 11.6 Å². The fourth-order valence-corrected chi connectivity index (χ4v) is 5.86. The smallest absolute Gasteiger partial charge is 0.223 e. The number of hydrogen-bond acceptors (Lipinski definition) is 4. The minimum atomic E-state index is -0.314. The molecule has 1 aromatic rings. The molecule has 4 fully saturated rings. The molecule has 1 amide bonds. The second kappa shape index (κ2) is 6.99. The van der Waals surface area contributed by atoms with Crippen LogP contribution in [0.2, 0.25) is 0 Å². The van der Waals surface area contributed by atoms with Crippen molar-refractivity contribution in [3.05, 3.63) is 29.6 Å². The maximum absolute atomic E-state index is 14.0. The van der Waals surface area contributed by atoms with E-state index < -0.39 is 0 Å². The second-order valence-electron chi connectivity index (χ2n) is 9.00. The Labute approximate surface area is 165 Å². The van der Waals surface area contributed by atoms with E-state index in [0.717, 1.165) is 50.9 Å². The van der Waals surface area contributed by atoms with E-state index in [1.165, 1.54) is 19.6 Å². The number of para-hydroxylation sites is 1. The number of methoxy groups -OCH3 is 1. The summed E-state index contributed by atoms with van der Waals surface area (Å²) in [5, 5.41) is 3.20. The summed E-state index contributed by atoms with van der Waals surface area (Å²) in [6, 6.07) is 5.11. The highest BCUT2D eigenvalue weighted by Crippen LogP contribution is 2.55. The molecule has 0 radical (unpaired) electrons. The number of carbonyl (C=O) groups is 1. The summed E-state index contributed by atoms with van der Waals surface area (Å²) in [5.41, 5.74) is 0.792. The molecule has 0 unspecified atom stereocenters. The van der Waals surface area contributed by atoms with E-state index in [4.69, 9.17) is 9.47 Å². The van der Waals surface area contributed by atoms with Crippen molar-refractivity contribution in [1.29, 1.82) is 0 Å². The highest BCUT2D eigenvalue weighted by molar-refractivity contribution is 5.79. The quantitative estimate of drug-likeness (QED) is 0.814. The van der Waals surface area contributed by atoms with E-state index >= 15 is 0 Å². The van der Waals surface area contributed by atoms with Crippen molar-refractivity contribution in [3.63, 3.8) is 0 Å². The number of likely N-dealkylation sites (tertiary alicyclic amines) is 1. The molecule has 28 heavy (non-hydrogen) atoms. The molecular formula is C22H29FN2O3. The Morgan fingerprint density at radius 3 is 3.00 bits per heavy atom. The highest BCUT2D eigenvalue weighted by Gasteiger charge is 2.62. The van der Waals surface area contributed by atoms with Crippen molar-refractivity contribution in [2.45, 2.75) is 50.4 Å². The number of halogens is 1. The van der Waals surface area contributed by atoms with Gasteiger partial charge in [-0.3, -0.25) is 9.69 Å². The maximum Gasteiger partial charge on any atom is 0.223 e. The molecule has 1 N–H and O–H groups in total. The molecule has 1 saturated carbocycles. The first-order valence-electron chi connectivity index (χ1n) is 10.6. The number of fused-ring (bicyclic) bond motifs is 1. The zero-order valence-electron chi connectivity index (χ0n) is 16.5. The molecule has 6 heteroatoms. The van der Waals surface area contributed by atoms with Gasteiger partial charge in [-0.05, 0) is 31.7 Å². The average Bonchev–Trinajstić information content (AvgIpc) is 3.26. The standard InChI is InChI=1S/C22H29FN2O3/c1-27-20-15(6-3-7-18(20)23)11-25-12-17-16(10-24-21(26)14-4-2-5-14)19-8-9-22(17,13-25)28-19/h3,6-7,14,16-17,19H,2,4-5,8-13H2,1H3,(H,24,26)/t16-,17+,19+,22+/m0/s1. The number of rotatable bonds is 6. The Kier molecular flexibility index (Phi) is 4.59. The number of amides is 1. The molecule has 4 atom stereocenters. The van der Waals surface area contributed by atoms with Crippen LogP contribution < -0.4 is 10.1 Å². The second-order valence-corrected chi connectivity index (χ2v) is 9.00. The van der Waals surface area contributed by atoms with E-state index in [1.807, 2.05) is 6.07 Å². The molecule has 1 spiro atoms. The van der Waals surface area contributed by atoms with Crippen molar-refractivity contribution in [3.8, 4) is 5.75 Å². The maximum atomic E-state index is 14.0. The predicted octanol–water partition coefficient (Wildman–Crippen LogP) is 2.73. The lowest BCUT2D eigenvalue weighted by molar-refractivity contribution is -0.127. The van der Waals surface area contributed by atoms with Crippen LogP contribution in [0.4, 0.5) is 4.39 Å². The normalized spacial score (nSPS) is 34.3. The topological polar surface area (TPSA) is 50.8 Å². The van der Waals surface area contributed by atoms with Gasteiger partial charge in [0.05, 0.1) is 18.8 Å². The summed E-state index contributed by atoms with van der Waals surface area (Å²) in [4.78, 5) is 14.6. The third-order valence-corrected chi connectivity index (χ3v) is 7.49. The van der Waals surface area contributed by atoms with Gasteiger partial charge in [-0.2, -0.15) is 0 Å². The molecule has 5 rings (SSSR count). The SMILES string of the molecule is COc1c(F)cccc1CN1C[C@@H]2[C@H](CNC(=O)C3CCC3)[C@H]3CC[C@]2(C1)O3. The molecule has 152 valence electrons. The van der Waals surface area contributed by atoms with Crippen molar-refractivity contribution in [2.75, 3.05) is 26.7 Å². The summed E-state index contributed by atoms with van der Waals surface area (Å²) in [5.74, 6) is 1.30. The predicted molar refractivity (Wildman–Crippen MR) is 102 cm³/mol. The Bertz CT molecular complexity index is 768. The minimum absolute atomic E-state index is 0.0862. The highest BCUT2D eigenvalue weighted by atomic mass is 19.1. The lowest BCUT2D eigenvalue weighted by atomic mass is 9.73. The molecule has 2 bridgehead atoms. The number of hydrogen-bond donors (Lipinski definition) is 1. The van der Waals surface area contributed by atoms with Gasteiger partial charge in [-0.15, -0.1) is 0 Å². The van der Waals surface area contributed by atoms with E-state index in [2.05, 4.69) is 10.2 Å². The van der Waals surface area contributed by atoms with Gasteiger partial charge in [-0.1, -0.05) is 18.6 Å². The zero-order chi connectivity index (χ0) is 19.3. The Hall–Kier alpha value is -1.66.